The first-order valence-corrected chi connectivity index (χ1v) is 9.16. The van der Waals surface area contributed by atoms with Crippen LogP contribution in [0.15, 0.2) is 48.7 Å². The zero-order valence-corrected chi connectivity index (χ0v) is 15.5. The SMILES string of the molecule is COc1ccc2[nH]c3c(c2c1)CN(C(=O)c1cccc2c1ccn2C)CC3. The van der Waals surface area contributed by atoms with Gasteiger partial charge in [-0.25, -0.2) is 0 Å². The number of benzene rings is 2. The van der Waals surface area contributed by atoms with Gasteiger partial charge in [-0.3, -0.25) is 4.79 Å². The predicted molar refractivity (Wildman–Crippen MR) is 106 cm³/mol. The zero-order valence-electron chi connectivity index (χ0n) is 15.5. The van der Waals surface area contributed by atoms with Gasteiger partial charge in [0.2, 0.25) is 0 Å². The number of aromatic nitrogens is 2. The van der Waals surface area contributed by atoms with E-state index in [1.165, 1.54) is 11.3 Å². The van der Waals surface area contributed by atoms with Crippen molar-refractivity contribution >= 4 is 27.7 Å². The Morgan fingerprint density at radius 3 is 2.89 bits per heavy atom. The van der Waals surface area contributed by atoms with E-state index in [0.717, 1.165) is 46.1 Å². The molecule has 2 aromatic carbocycles. The first kappa shape index (κ1) is 16.0. The average molecular weight is 359 g/mol. The Hall–Kier alpha value is -3.21. The number of carbonyl (C=O) groups excluding carboxylic acids is 1. The van der Waals surface area contributed by atoms with Crippen LogP contribution in [0.2, 0.25) is 0 Å². The molecule has 4 aromatic rings. The summed E-state index contributed by atoms with van der Waals surface area (Å²) in [5.74, 6) is 0.927. The molecule has 5 rings (SSSR count). The molecule has 1 aliphatic rings. The molecule has 0 bridgehead atoms. The van der Waals surface area contributed by atoms with Gasteiger partial charge in [0.05, 0.1) is 7.11 Å². The van der Waals surface area contributed by atoms with Crippen LogP contribution in [-0.2, 0) is 20.0 Å². The number of carbonyl (C=O) groups is 1. The number of aromatic amines is 1. The Labute approximate surface area is 157 Å². The lowest BCUT2D eigenvalue weighted by molar-refractivity contribution is 0.0737. The van der Waals surface area contributed by atoms with Crippen molar-refractivity contribution in [2.45, 2.75) is 13.0 Å². The third kappa shape index (κ3) is 2.42. The number of hydrogen-bond acceptors (Lipinski definition) is 2. The second-order valence-corrected chi connectivity index (χ2v) is 7.14. The predicted octanol–water partition coefficient (Wildman–Crippen LogP) is 3.87. The Morgan fingerprint density at radius 2 is 2.04 bits per heavy atom. The molecular weight excluding hydrogens is 338 g/mol. The maximum Gasteiger partial charge on any atom is 0.254 e. The van der Waals surface area contributed by atoms with Crippen LogP contribution in [0.5, 0.6) is 5.75 Å². The van der Waals surface area contributed by atoms with Crippen LogP contribution in [0.25, 0.3) is 21.8 Å². The first-order valence-electron chi connectivity index (χ1n) is 9.16. The van der Waals surface area contributed by atoms with E-state index in [2.05, 4.69) is 11.1 Å². The molecule has 1 aliphatic heterocycles. The zero-order chi connectivity index (χ0) is 18.5. The fourth-order valence-corrected chi connectivity index (χ4v) is 4.15. The number of amides is 1. The fraction of sp³-hybridized carbons (Fsp3) is 0.227. The van der Waals surface area contributed by atoms with Crippen LogP contribution >= 0.6 is 0 Å². The summed E-state index contributed by atoms with van der Waals surface area (Å²) < 4.78 is 7.43. The minimum Gasteiger partial charge on any atom is -0.497 e. The lowest BCUT2D eigenvalue weighted by atomic mass is 10.0. The number of hydrogen-bond donors (Lipinski definition) is 1. The number of rotatable bonds is 2. The van der Waals surface area contributed by atoms with Gasteiger partial charge in [0.15, 0.2) is 0 Å². The quantitative estimate of drug-likeness (QED) is 0.591. The van der Waals surface area contributed by atoms with Gasteiger partial charge in [0.1, 0.15) is 5.75 Å². The van der Waals surface area contributed by atoms with Gasteiger partial charge in [-0.2, -0.15) is 0 Å². The van der Waals surface area contributed by atoms with Crippen molar-refractivity contribution in [3.63, 3.8) is 0 Å². The van der Waals surface area contributed by atoms with Crippen molar-refractivity contribution in [3.8, 4) is 5.75 Å². The molecular formula is C22H21N3O2. The Kier molecular flexibility index (Phi) is 3.50. The first-order chi connectivity index (χ1) is 13.2. The number of H-pyrrole nitrogens is 1. The van der Waals surface area contributed by atoms with E-state index in [9.17, 15) is 4.79 Å². The molecule has 2 aromatic heterocycles. The summed E-state index contributed by atoms with van der Waals surface area (Å²) in [7, 11) is 3.68. The third-order valence-corrected chi connectivity index (χ3v) is 5.63. The molecule has 0 saturated heterocycles. The molecule has 5 heteroatoms. The number of nitrogens with one attached hydrogen (secondary N) is 1. The van der Waals surface area contributed by atoms with E-state index < -0.39 is 0 Å². The normalized spacial score (nSPS) is 13.9. The molecule has 3 heterocycles. The lowest BCUT2D eigenvalue weighted by Crippen LogP contribution is -2.35. The highest BCUT2D eigenvalue weighted by atomic mass is 16.5. The van der Waals surface area contributed by atoms with Crippen molar-refractivity contribution in [1.82, 2.24) is 14.5 Å². The number of aryl methyl sites for hydroxylation is 1. The van der Waals surface area contributed by atoms with E-state index in [1.807, 2.05) is 59.1 Å². The summed E-state index contributed by atoms with van der Waals surface area (Å²) in [4.78, 5) is 18.8. The lowest BCUT2D eigenvalue weighted by Gasteiger charge is -2.27. The van der Waals surface area contributed by atoms with Gasteiger partial charge < -0.3 is 19.2 Å². The highest BCUT2D eigenvalue weighted by molar-refractivity contribution is 6.06. The van der Waals surface area contributed by atoms with Crippen molar-refractivity contribution in [1.29, 1.82) is 0 Å². The molecule has 27 heavy (non-hydrogen) atoms. The topological polar surface area (TPSA) is 50.3 Å². The number of fused-ring (bicyclic) bond motifs is 4. The molecule has 1 amide bonds. The second-order valence-electron chi connectivity index (χ2n) is 7.14. The van der Waals surface area contributed by atoms with Crippen LogP contribution in [0, 0.1) is 0 Å². The smallest absolute Gasteiger partial charge is 0.254 e. The Balaban J connectivity index is 1.54. The van der Waals surface area contributed by atoms with Crippen molar-refractivity contribution in [2.75, 3.05) is 13.7 Å². The minimum atomic E-state index is 0.0923. The Bertz CT molecular complexity index is 1190. The van der Waals surface area contributed by atoms with Gasteiger partial charge in [-0.1, -0.05) is 6.07 Å². The van der Waals surface area contributed by atoms with E-state index in [-0.39, 0.29) is 5.91 Å². The largest absolute Gasteiger partial charge is 0.497 e. The maximum atomic E-state index is 13.3. The summed E-state index contributed by atoms with van der Waals surface area (Å²) >= 11 is 0. The summed E-state index contributed by atoms with van der Waals surface area (Å²) in [6.07, 6.45) is 2.84. The average Bonchev–Trinajstić information content (AvgIpc) is 3.27. The highest BCUT2D eigenvalue weighted by Gasteiger charge is 2.26. The highest BCUT2D eigenvalue weighted by Crippen LogP contribution is 2.31. The fourth-order valence-electron chi connectivity index (χ4n) is 4.15. The summed E-state index contributed by atoms with van der Waals surface area (Å²) in [6, 6.07) is 14.0. The van der Waals surface area contributed by atoms with Crippen molar-refractivity contribution < 1.29 is 9.53 Å². The summed E-state index contributed by atoms with van der Waals surface area (Å²) in [5.41, 5.74) is 5.37. The second kappa shape index (κ2) is 5.91. The van der Waals surface area contributed by atoms with E-state index in [4.69, 9.17) is 4.74 Å². The molecule has 0 aliphatic carbocycles. The molecule has 0 unspecified atom stereocenters. The number of methoxy groups -OCH3 is 1. The number of nitrogens with zero attached hydrogens (tertiary/aromatic N) is 2. The molecule has 136 valence electrons. The van der Waals surface area contributed by atoms with Crippen molar-refractivity contribution in [2.24, 2.45) is 7.05 Å². The van der Waals surface area contributed by atoms with E-state index >= 15 is 0 Å². The van der Waals surface area contributed by atoms with Gasteiger partial charge in [0, 0.05) is 71.4 Å². The minimum absolute atomic E-state index is 0.0923. The molecule has 0 radical (unpaired) electrons. The summed E-state index contributed by atoms with van der Waals surface area (Å²) in [5, 5.41) is 2.15. The van der Waals surface area contributed by atoms with Crippen LogP contribution in [-0.4, -0.2) is 34.0 Å². The molecule has 1 N–H and O–H groups in total. The molecule has 0 fully saturated rings. The molecule has 5 nitrogen and oxygen atoms in total. The standard InChI is InChI=1S/C22H21N3O2/c1-24-10-8-15-16(4-3-5-21(15)24)22(26)25-11-9-20-18(13-25)17-12-14(27-2)6-7-19(17)23-20/h3-8,10,12,23H,9,11,13H2,1-2H3. The molecule has 0 spiro atoms. The maximum absolute atomic E-state index is 13.3. The Morgan fingerprint density at radius 1 is 1.15 bits per heavy atom. The third-order valence-electron chi connectivity index (χ3n) is 5.63. The summed E-state index contributed by atoms with van der Waals surface area (Å²) in [6.45, 7) is 1.34. The molecule has 0 atom stereocenters. The van der Waals surface area contributed by atoms with Crippen LogP contribution in [0.4, 0.5) is 0 Å². The van der Waals surface area contributed by atoms with Gasteiger partial charge in [-0.15, -0.1) is 0 Å². The van der Waals surface area contributed by atoms with Gasteiger partial charge in [-0.05, 0) is 36.4 Å². The van der Waals surface area contributed by atoms with Crippen LogP contribution < -0.4 is 4.74 Å². The van der Waals surface area contributed by atoms with Crippen LogP contribution in [0.3, 0.4) is 0 Å². The van der Waals surface area contributed by atoms with Gasteiger partial charge in [0.25, 0.3) is 5.91 Å². The van der Waals surface area contributed by atoms with Crippen molar-refractivity contribution in [3.05, 3.63) is 65.5 Å². The number of ether oxygens (including phenoxy) is 1. The van der Waals surface area contributed by atoms with E-state index in [1.54, 1.807) is 7.11 Å². The molecule has 0 saturated carbocycles. The van der Waals surface area contributed by atoms with E-state index in [0.29, 0.717) is 6.54 Å². The van der Waals surface area contributed by atoms with Gasteiger partial charge >= 0.3 is 0 Å². The van der Waals surface area contributed by atoms with Crippen LogP contribution in [0.1, 0.15) is 21.6 Å². The monoisotopic (exact) mass is 359 g/mol.